The molecular formula is C14H17F3N4. The third kappa shape index (κ3) is 3.02. The zero-order valence-electron chi connectivity index (χ0n) is 11.5. The molecule has 0 radical (unpaired) electrons. The first-order valence-electron chi connectivity index (χ1n) is 7.14. The number of alkyl halides is 3. The van der Waals surface area contributed by atoms with E-state index in [-0.39, 0.29) is 6.42 Å². The molecule has 1 aliphatic rings. The Morgan fingerprint density at radius 1 is 1.19 bits per heavy atom. The SMILES string of the molecule is FC(F)(F)C1CCCCC1NCc1nnc2ccccn12. The fraction of sp³-hybridized carbons (Fsp3) is 0.571. The van der Waals surface area contributed by atoms with E-state index in [1.807, 2.05) is 24.4 Å². The number of hydrogen-bond acceptors (Lipinski definition) is 3. The maximum atomic E-state index is 13.0. The number of hydrogen-bond donors (Lipinski definition) is 1. The maximum Gasteiger partial charge on any atom is 0.393 e. The molecule has 0 amide bonds. The molecule has 3 rings (SSSR count). The van der Waals surface area contributed by atoms with E-state index in [0.717, 1.165) is 6.42 Å². The molecule has 2 unspecified atom stereocenters. The summed E-state index contributed by atoms with van der Waals surface area (Å²) in [7, 11) is 0. The number of aromatic nitrogens is 3. The van der Waals surface area contributed by atoms with Gasteiger partial charge in [-0.3, -0.25) is 4.40 Å². The van der Waals surface area contributed by atoms with Gasteiger partial charge in [0.1, 0.15) is 0 Å². The quantitative estimate of drug-likeness (QED) is 0.947. The van der Waals surface area contributed by atoms with Crippen LogP contribution in [0.4, 0.5) is 13.2 Å². The van der Waals surface area contributed by atoms with Crippen LogP contribution in [0, 0.1) is 5.92 Å². The van der Waals surface area contributed by atoms with Gasteiger partial charge in [-0.05, 0) is 25.0 Å². The Labute approximate surface area is 120 Å². The molecule has 114 valence electrons. The van der Waals surface area contributed by atoms with Gasteiger partial charge in [-0.15, -0.1) is 10.2 Å². The summed E-state index contributed by atoms with van der Waals surface area (Å²) in [6.45, 7) is 0.294. The number of fused-ring (bicyclic) bond motifs is 1. The molecule has 2 heterocycles. The zero-order chi connectivity index (χ0) is 14.9. The number of nitrogens with one attached hydrogen (secondary N) is 1. The average Bonchev–Trinajstić information content (AvgIpc) is 2.88. The van der Waals surface area contributed by atoms with Crippen LogP contribution in [0.25, 0.3) is 5.65 Å². The molecular weight excluding hydrogens is 281 g/mol. The van der Waals surface area contributed by atoms with Gasteiger partial charge in [-0.2, -0.15) is 13.2 Å². The lowest BCUT2D eigenvalue weighted by molar-refractivity contribution is -0.189. The van der Waals surface area contributed by atoms with E-state index in [1.165, 1.54) is 0 Å². The highest BCUT2D eigenvalue weighted by Crippen LogP contribution is 2.37. The Hall–Kier alpha value is -1.63. The predicted molar refractivity (Wildman–Crippen MR) is 71.6 cm³/mol. The molecule has 0 aliphatic heterocycles. The number of rotatable bonds is 3. The van der Waals surface area contributed by atoms with E-state index < -0.39 is 18.1 Å². The van der Waals surface area contributed by atoms with E-state index in [9.17, 15) is 13.2 Å². The van der Waals surface area contributed by atoms with Crippen molar-refractivity contribution >= 4 is 5.65 Å². The van der Waals surface area contributed by atoms with Crippen molar-refractivity contribution < 1.29 is 13.2 Å². The van der Waals surface area contributed by atoms with Gasteiger partial charge >= 0.3 is 6.18 Å². The monoisotopic (exact) mass is 298 g/mol. The van der Waals surface area contributed by atoms with E-state index in [4.69, 9.17) is 0 Å². The van der Waals surface area contributed by atoms with Crippen LogP contribution in [0.5, 0.6) is 0 Å². The van der Waals surface area contributed by atoms with Crippen LogP contribution < -0.4 is 5.32 Å². The first-order valence-corrected chi connectivity index (χ1v) is 7.14. The Bertz CT molecular complexity index is 608. The summed E-state index contributed by atoms with van der Waals surface area (Å²) in [4.78, 5) is 0. The van der Waals surface area contributed by atoms with Crippen molar-refractivity contribution in [3.8, 4) is 0 Å². The van der Waals surface area contributed by atoms with Gasteiger partial charge in [0.15, 0.2) is 11.5 Å². The summed E-state index contributed by atoms with van der Waals surface area (Å²) in [5.41, 5.74) is 0.699. The van der Waals surface area contributed by atoms with E-state index in [1.54, 1.807) is 4.40 Å². The minimum Gasteiger partial charge on any atom is -0.306 e. The topological polar surface area (TPSA) is 42.2 Å². The van der Waals surface area contributed by atoms with Crippen molar-refractivity contribution in [2.75, 3.05) is 0 Å². The highest BCUT2D eigenvalue weighted by atomic mass is 19.4. The van der Waals surface area contributed by atoms with Crippen molar-refractivity contribution in [3.63, 3.8) is 0 Å². The highest BCUT2D eigenvalue weighted by molar-refractivity contribution is 5.36. The van der Waals surface area contributed by atoms with Crippen molar-refractivity contribution in [1.82, 2.24) is 19.9 Å². The normalized spacial score (nSPS) is 23.6. The smallest absolute Gasteiger partial charge is 0.306 e. The third-order valence-electron chi connectivity index (χ3n) is 4.09. The second-order valence-electron chi connectivity index (χ2n) is 5.47. The van der Waals surface area contributed by atoms with Gasteiger partial charge < -0.3 is 5.32 Å². The van der Waals surface area contributed by atoms with Crippen LogP contribution in [0.3, 0.4) is 0 Å². The Kier molecular flexibility index (Phi) is 3.84. The van der Waals surface area contributed by atoms with E-state index >= 15 is 0 Å². The number of pyridine rings is 1. The second kappa shape index (κ2) is 5.63. The fourth-order valence-electron chi connectivity index (χ4n) is 3.00. The first kappa shape index (κ1) is 14.3. The van der Waals surface area contributed by atoms with E-state index in [0.29, 0.717) is 30.9 Å². The predicted octanol–water partition coefficient (Wildman–Crippen LogP) is 2.94. The van der Waals surface area contributed by atoms with Crippen LogP contribution in [0.1, 0.15) is 31.5 Å². The number of halogens is 3. The molecule has 1 fully saturated rings. The van der Waals surface area contributed by atoms with Crippen LogP contribution in [0.2, 0.25) is 0 Å². The molecule has 1 N–H and O–H groups in total. The summed E-state index contributed by atoms with van der Waals surface area (Å²) in [5.74, 6) is -0.623. The van der Waals surface area contributed by atoms with Crippen LogP contribution in [-0.4, -0.2) is 26.8 Å². The number of nitrogens with zero attached hydrogens (tertiary/aromatic N) is 3. The molecule has 2 atom stereocenters. The average molecular weight is 298 g/mol. The molecule has 21 heavy (non-hydrogen) atoms. The summed E-state index contributed by atoms with van der Waals surface area (Å²) < 4.78 is 40.9. The molecule has 0 saturated heterocycles. The molecule has 7 heteroatoms. The largest absolute Gasteiger partial charge is 0.393 e. The lowest BCUT2D eigenvalue weighted by Gasteiger charge is -2.33. The van der Waals surface area contributed by atoms with Crippen LogP contribution in [0.15, 0.2) is 24.4 Å². The second-order valence-corrected chi connectivity index (χ2v) is 5.47. The van der Waals surface area contributed by atoms with Crippen molar-refractivity contribution in [2.24, 2.45) is 5.92 Å². The standard InChI is InChI=1S/C14H17F3N4/c15-14(16,17)10-5-1-2-6-11(10)18-9-13-20-19-12-7-3-4-8-21(12)13/h3-4,7-8,10-11,18H,1-2,5-6,9H2. The van der Waals surface area contributed by atoms with Crippen LogP contribution in [-0.2, 0) is 6.54 Å². The van der Waals surface area contributed by atoms with Gasteiger partial charge in [-0.25, -0.2) is 0 Å². The first-order chi connectivity index (χ1) is 10.1. The molecule has 0 bridgehead atoms. The molecule has 0 spiro atoms. The third-order valence-corrected chi connectivity index (χ3v) is 4.09. The van der Waals surface area contributed by atoms with Gasteiger partial charge in [-0.1, -0.05) is 18.9 Å². The van der Waals surface area contributed by atoms with Gasteiger partial charge in [0.05, 0.1) is 12.5 Å². The van der Waals surface area contributed by atoms with E-state index in [2.05, 4.69) is 15.5 Å². The Morgan fingerprint density at radius 2 is 2.00 bits per heavy atom. The molecule has 1 aliphatic carbocycles. The molecule has 2 aromatic heterocycles. The minimum atomic E-state index is -4.13. The van der Waals surface area contributed by atoms with Crippen molar-refractivity contribution in [3.05, 3.63) is 30.2 Å². The minimum absolute atomic E-state index is 0.210. The van der Waals surface area contributed by atoms with Crippen molar-refractivity contribution in [2.45, 2.75) is 44.4 Å². The summed E-state index contributed by atoms with van der Waals surface area (Å²) in [6, 6.07) is 4.98. The molecule has 4 nitrogen and oxygen atoms in total. The van der Waals surface area contributed by atoms with Crippen molar-refractivity contribution in [1.29, 1.82) is 0 Å². The summed E-state index contributed by atoms with van der Waals surface area (Å²) in [5, 5.41) is 11.1. The Morgan fingerprint density at radius 3 is 2.81 bits per heavy atom. The Balaban J connectivity index is 1.71. The van der Waals surface area contributed by atoms with Gasteiger partial charge in [0, 0.05) is 12.2 Å². The molecule has 2 aromatic rings. The van der Waals surface area contributed by atoms with Crippen LogP contribution >= 0.6 is 0 Å². The summed E-state index contributed by atoms with van der Waals surface area (Å²) >= 11 is 0. The molecule has 1 saturated carbocycles. The lowest BCUT2D eigenvalue weighted by Crippen LogP contribution is -2.45. The highest BCUT2D eigenvalue weighted by Gasteiger charge is 2.45. The van der Waals surface area contributed by atoms with Gasteiger partial charge in [0.25, 0.3) is 0 Å². The fourth-order valence-corrected chi connectivity index (χ4v) is 3.00. The maximum absolute atomic E-state index is 13.0. The summed E-state index contributed by atoms with van der Waals surface area (Å²) in [6.07, 6.45) is -0.0663. The zero-order valence-corrected chi connectivity index (χ0v) is 11.5. The van der Waals surface area contributed by atoms with Gasteiger partial charge in [0.2, 0.25) is 0 Å². The molecule has 0 aromatic carbocycles. The lowest BCUT2D eigenvalue weighted by atomic mass is 9.84.